The number of rotatable bonds is 4. The first-order valence-corrected chi connectivity index (χ1v) is 7.02. The molecule has 0 saturated heterocycles. The maximum absolute atomic E-state index is 12.7. The number of H-pyrrole nitrogens is 1. The van der Waals surface area contributed by atoms with Crippen molar-refractivity contribution in [2.75, 3.05) is 11.9 Å². The summed E-state index contributed by atoms with van der Waals surface area (Å²) in [7, 11) is 1.66. The molecule has 0 fully saturated rings. The highest BCUT2D eigenvalue weighted by Gasteiger charge is 2.30. The molecule has 0 aliphatic carbocycles. The fraction of sp³-hybridized carbons (Fsp3) is 0.286. The van der Waals surface area contributed by atoms with E-state index in [4.69, 9.17) is 0 Å². The lowest BCUT2D eigenvalue weighted by Crippen LogP contribution is -2.15. The Morgan fingerprint density at radius 2 is 2.17 bits per heavy atom. The van der Waals surface area contributed by atoms with Crippen LogP contribution in [0.4, 0.5) is 19.1 Å². The number of aromatic amines is 1. The second-order valence-corrected chi connectivity index (χ2v) is 5.13. The number of aryl methyl sites for hydroxylation is 1. The number of hydrogen-bond acceptors (Lipinski definition) is 5. The lowest BCUT2D eigenvalue weighted by atomic mass is 10.2. The summed E-state index contributed by atoms with van der Waals surface area (Å²) in [5.74, 6) is 0.225. The van der Waals surface area contributed by atoms with Gasteiger partial charge < -0.3 is 5.32 Å². The number of anilines is 1. The fourth-order valence-corrected chi connectivity index (χ4v) is 2.22. The number of fused-ring (bicyclic) bond motifs is 1. The van der Waals surface area contributed by atoms with Crippen molar-refractivity contribution in [1.29, 1.82) is 0 Å². The third kappa shape index (κ3) is 3.21. The van der Waals surface area contributed by atoms with Crippen LogP contribution in [0.3, 0.4) is 0 Å². The average Bonchev–Trinajstić information content (AvgIpc) is 2.89. The van der Waals surface area contributed by atoms with E-state index in [9.17, 15) is 18.0 Å². The monoisotopic (exact) mass is 338 g/mol. The minimum absolute atomic E-state index is 0.225. The number of nitrogens with one attached hydrogen (secondary N) is 2. The van der Waals surface area contributed by atoms with E-state index in [0.29, 0.717) is 16.7 Å². The molecular weight excluding hydrogens is 325 g/mol. The Kier molecular flexibility index (Phi) is 3.96. The van der Waals surface area contributed by atoms with E-state index in [0.717, 1.165) is 18.3 Å². The SMILES string of the molecule is Cn1ncc2c(=O)[nH]c(NCCc3cc(C(F)(F)F)ccn3)nc21. The molecule has 0 aromatic carbocycles. The van der Waals surface area contributed by atoms with E-state index in [2.05, 4.69) is 25.4 Å². The molecule has 7 nitrogen and oxygen atoms in total. The Morgan fingerprint density at radius 3 is 2.92 bits per heavy atom. The zero-order chi connectivity index (χ0) is 17.3. The fourth-order valence-electron chi connectivity index (χ4n) is 2.22. The summed E-state index contributed by atoms with van der Waals surface area (Å²) in [6.07, 6.45) is -1.61. The molecule has 3 rings (SSSR count). The molecule has 0 bridgehead atoms. The molecule has 3 heterocycles. The van der Waals surface area contributed by atoms with Crippen molar-refractivity contribution >= 4 is 17.0 Å². The van der Waals surface area contributed by atoms with Gasteiger partial charge in [-0.05, 0) is 12.1 Å². The van der Waals surface area contributed by atoms with Crippen LogP contribution < -0.4 is 10.9 Å². The molecule has 126 valence electrons. The second kappa shape index (κ2) is 5.95. The van der Waals surface area contributed by atoms with E-state index in [-0.39, 0.29) is 24.5 Å². The first-order chi connectivity index (χ1) is 11.3. The topological polar surface area (TPSA) is 88.5 Å². The molecule has 0 radical (unpaired) electrons. The maximum atomic E-state index is 12.7. The average molecular weight is 338 g/mol. The Balaban J connectivity index is 1.71. The summed E-state index contributed by atoms with van der Waals surface area (Å²) in [4.78, 5) is 22.6. The van der Waals surface area contributed by atoms with Crippen molar-refractivity contribution in [1.82, 2.24) is 24.7 Å². The van der Waals surface area contributed by atoms with Crippen LogP contribution in [0.2, 0.25) is 0 Å². The van der Waals surface area contributed by atoms with Crippen molar-refractivity contribution in [3.63, 3.8) is 0 Å². The van der Waals surface area contributed by atoms with Gasteiger partial charge in [-0.3, -0.25) is 19.4 Å². The maximum Gasteiger partial charge on any atom is 0.416 e. The lowest BCUT2D eigenvalue weighted by molar-refractivity contribution is -0.137. The summed E-state index contributed by atoms with van der Waals surface area (Å²) in [6, 6.07) is 1.93. The van der Waals surface area contributed by atoms with Gasteiger partial charge in [-0.2, -0.15) is 23.3 Å². The lowest BCUT2D eigenvalue weighted by Gasteiger charge is -2.09. The van der Waals surface area contributed by atoms with Gasteiger partial charge in [0.25, 0.3) is 5.56 Å². The molecule has 2 N–H and O–H groups in total. The number of alkyl halides is 3. The molecule has 3 aromatic heterocycles. The highest BCUT2D eigenvalue weighted by Crippen LogP contribution is 2.29. The van der Waals surface area contributed by atoms with E-state index >= 15 is 0 Å². The van der Waals surface area contributed by atoms with E-state index in [1.165, 1.54) is 10.9 Å². The Morgan fingerprint density at radius 1 is 1.38 bits per heavy atom. The molecule has 24 heavy (non-hydrogen) atoms. The number of pyridine rings is 1. The van der Waals surface area contributed by atoms with Gasteiger partial charge in [0.15, 0.2) is 5.65 Å². The minimum atomic E-state index is -4.40. The standard InChI is InChI=1S/C14H13F3N6O/c1-23-11-10(7-20-23)12(24)22-13(21-11)19-5-3-9-6-8(2-4-18-9)14(15,16)17/h2,4,6-7H,3,5H2,1H3,(H2,19,21,22,24). The van der Waals surface area contributed by atoms with Crippen molar-refractivity contribution in [3.8, 4) is 0 Å². The normalized spacial score (nSPS) is 11.8. The van der Waals surface area contributed by atoms with Crippen molar-refractivity contribution in [2.45, 2.75) is 12.6 Å². The van der Waals surface area contributed by atoms with Crippen molar-refractivity contribution < 1.29 is 13.2 Å². The Hall–Kier alpha value is -2.91. The molecular formula is C14H13F3N6O. The molecule has 10 heteroatoms. The van der Waals surface area contributed by atoms with Crippen LogP contribution in [-0.2, 0) is 19.6 Å². The van der Waals surface area contributed by atoms with Crippen LogP contribution in [0, 0.1) is 0 Å². The Bertz CT molecular complexity index is 930. The van der Waals surface area contributed by atoms with Gasteiger partial charge in [-0.15, -0.1) is 0 Å². The summed E-state index contributed by atoms with van der Waals surface area (Å²) < 4.78 is 39.4. The van der Waals surface area contributed by atoms with E-state index < -0.39 is 11.7 Å². The van der Waals surface area contributed by atoms with Crippen LogP contribution >= 0.6 is 0 Å². The summed E-state index contributed by atoms with van der Waals surface area (Å²) in [5.41, 5.74) is -0.372. The Labute approximate surface area is 133 Å². The zero-order valence-electron chi connectivity index (χ0n) is 12.6. The van der Waals surface area contributed by atoms with Gasteiger partial charge in [-0.1, -0.05) is 0 Å². The molecule has 0 spiro atoms. The van der Waals surface area contributed by atoms with Crippen molar-refractivity contribution in [3.05, 3.63) is 46.1 Å². The summed E-state index contributed by atoms with van der Waals surface area (Å²) in [5, 5.41) is 7.18. The summed E-state index contributed by atoms with van der Waals surface area (Å²) >= 11 is 0. The highest BCUT2D eigenvalue weighted by molar-refractivity contribution is 5.74. The van der Waals surface area contributed by atoms with Gasteiger partial charge >= 0.3 is 6.18 Å². The van der Waals surface area contributed by atoms with Gasteiger partial charge in [0, 0.05) is 31.9 Å². The van der Waals surface area contributed by atoms with Crippen LogP contribution in [-0.4, -0.2) is 31.3 Å². The van der Waals surface area contributed by atoms with Crippen LogP contribution in [0.1, 0.15) is 11.3 Å². The van der Waals surface area contributed by atoms with E-state index in [1.807, 2.05) is 0 Å². The van der Waals surface area contributed by atoms with Gasteiger partial charge in [0.1, 0.15) is 5.39 Å². The third-order valence-electron chi connectivity index (χ3n) is 3.42. The minimum Gasteiger partial charge on any atom is -0.355 e. The molecule has 0 saturated carbocycles. The third-order valence-corrected chi connectivity index (χ3v) is 3.42. The largest absolute Gasteiger partial charge is 0.416 e. The molecule has 0 unspecified atom stereocenters. The van der Waals surface area contributed by atoms with Crippen LogP contribution in [0.5, 0.6) is 0 Å². The molecule has 0 aliphatic rings. The highest BCUT2D eigenvalue weighted by atomic mass is 19.4. The van der Waals surface area contributed by atoms with Gasteiger partial charge in [0.2, 0.25) is 5.95 Å². The second-order valence-electron chi connectivity index (χ2n) is 5.13. The molecule has 0 aliphatic heterocycles. The number of nitrogens with zero attached hydrogens (tertiary/aromatic N) is 4. The van der Waals surface area contributed by atoms with Crippen molar-refractivity contribution in [2.24, 2.45) is 7.05 Å². The molecule has 3 aromatic rings. The first kappa shape index (κ1) is 16.0. The van der Waals surface area contributed by atoms with Gasteiger partial charge in [-0.25, -0.2) is 0 Å². The smallest absolute Gasteiger partial charge is 0.355 e. The predicted octanol–water partition coefficient (Wildman–Crippen LogP) is 1.72. The van der Waals surface area contributed by atoms with E-state index in [1.54, 1.807) is 7.05 Å². The summed E-state index contributed by atoms with van der Waals surface area (Å²) in [6.45, 7) is 0.264. The van der Waals surface area contributed by atoms with Crippen LogP contribution in [0.15, 0.2) is 29.3 Å². The quantitative estimate of drug-likeness (QED) is 0.756. The number of halogens is 3. The predicted molar refractivity (Wildman–Crippen MR) is 80.6 cm³/mol. The first-order valence-electron chi connectivity index (χ1n) is 7.02. The molecule has 0 atom stereocenters. The molecule has 0 amide bonds. The zero-order valence-corrected chi connectivity index (χ0v) is 12.6. The van der Waals surface area contributed by atoms with Gasteiger partial charge in [0.05, 0.1) is 11.8 Å². The number of hydrogen-bond donors (Lipinski definition) is 2. The van der Waals surface area contributed by atoms with Crippen LogP contribution in [0.25, 0.3) is 11.0 Å². The number of aromatic nitrogens is 5.